The fourth-order valence-corrected chi connectivity index (χ4v) is 4.10. The van der Waals surface area contributed by atoms with E-state index in [0.717, 1.165) is 22.6 Å². The molecule has 3 aromatic carbocycles. The van der Waals surface area contributed by atoms with E-state index >= 15 is 0 Å². The Bertz CT molecular complexity index is 821. The van der Waals surface area contributed by atoms with Crippen LogP contribution in [-0.4, -0.2) is 6.16 Å². The van der Waals surface area contributed by atoms with E-state index < -0.39 is 8.38 Å². The van der Waals surface area contributed by atoms with E-state index in [1.54, 1.807) is 0 Å². The minimum absolute atomic E-state index is 0.283. The second kappa shape index (κ2) is 9.04. The normalized spacial score (nSPS) is 11.6. The largest absolute Gasteiger partial charge is 0.439 e. The number of rotatable bonds is 7. The Morgan fingerprint density at radius 1 is 0.808 bits per heavy atom. The van der Waals surface area contributed by atoms with Gasteiger partial charge in [-0.1, -0.05) is 60.7 Å². The molecule has 130 valence electrons. The Kier molecular flexibility index (Phi) is 6.25. The van der Waals surface area contributed by atoms with Crippen molar-refractivity contribution in [2.45, 2.75) is 12.8 Å². The summed E-state index contributed by atoms with van der Waals surface area (Å²) in [7, 11) is -1.32. The van der Waals surface area contributed by atoms with Gasteiger partial charge in [0.15, 0.2) is 0 Å². The lowest BCUT2D eigenvalue weighted by atomic mass is 9.98. The molecule has 1 atom stereocenters. The van der Waals surface area contributed by atoms with E-state index in [9.17, 15) is 5.26 Å². The van der Waals surface area contributed by atoms with Crippen molar-refractivity contribution in [3.63, 3.8) is 0 Å². The monoisotopic (exact) mass is 361 g/mol. The van der Waals surface area contributed by atoms with Gasteiger partial charge in [-0.2, -0.15) is 5.26 Å². The fourth-order valence-electron chi connectivity index (χ4n) is 2.63. The molecule has 3 rings (SSSR count). The summed E-state index contributed by atoms with van der Waals surface area (Å²) in [6.45, 7) is 2.03. The molecule has 0 aromatic heterocycles. The molecule has 3 nitrogen and oxygen atoms in total. The summed E-state index contributed by atoms with van der Waals surface area (Å²) in [5, 5.41) is 9.73. The zero-order chi connectivity index (χ0) is 18.2. The summed E-state index contributed by atoms with van der Waals surface area (Å²) in [6, 6.07) is 29.6. The maximum Gasteiger partial charge on any atom is 0.292 e. The molecule has 0 N–H and O–H groups in total. The molecule has 3 aromatic rings. The van der Waals surface area contributed by atoms with Crippen molar-refractivity contribution >= 4 is 8.38 Å². The summed E-state index contributed by atoms with van der Waals surface area (Å²) >= 11 is 0. The number of aryl methyl sites for hydroxylation is 1. The van der Waals surface area contributed by atoms with Gasteiger partial charge in [0, 0.05) is 0 Å². The zero-order valence-electron chi connectivity index (χ0n) is 14.6. The van der Waals surface area contributed by atoms with Gasteiger partial charge >= 0.3 is 0 Å². The predicted octanol–water partition coefficient (Wildman–Crippen LogP) is 6.07. The summed E-state index contributed by atoms with van der Waals surface area (Å²) in [6.07, 6.45) is 0.500. The maximum absolute atomic E-state index is 9.73. The van der Waals surface area contributed by atoms with E-state index in [2.05, 4.69) is 6.07 Å². The van der Waals surface area contributed by atoms with E-state index in [4.69, 9.17) is 9.05 Å². The Morgan fingerprint density at radius 2 is 1.31 bits per heavy atom. The van der Waals surface area contributed by atoms with Crippen molar-refractivity contribution in [3.8, 4) is 17.6 Å². The van der Waals surface area contributed by atoms with Gasteiger partial charge in [0.05, 0.1) is 18.1 Å². The number of hydrogen-bond donors (Lipinski definition) is 0. The molecule has 0 saturated carbocycles. The van der Waals surface area contributed by atoms with Crippen LogP contribution in [0, 0.1) is 18.3 Å². The SMILES string of the molecule is Cc1ccccc1C(C#N)CP(Oc1ccccc1)Oc1ccccc1. The third-order valence-corrected chi connectivity index (χ3v) is 5.44. The van der Waals surface area contributed by atoms with E-state index in [1.165, 1.54) is 0 Å². The molecule has 1 unspecified atom stereocenters. The molecule has 0 aliphatic carbocycles. The van der Waals surface area contributed by atoms with Crippen LogP contribution in [0.15, 0.2) is 84.9 Å². The topological polar surface area (TPSA) is 42.2 Å². The van der Waals surface area contributed by atoms with Crippen LogP contribution in [0.4, 0.5) is 0 Å². The first kappa shape index (κ1) is 18.0. The summed E-state index contributed by atoms with van der Waals surface area (Å²) in [5.41, 5.74) is 2.13. The lowest BCUT2D eigenvalue weighted by Gasteiger charge is -2.21. The second-order valence-electron chi connectivity index (χ2n) is 5.86. The van der Waals surface area contributed by atoms with Crippen molar-refractivity contribution in [3.05, 3.63) is 96.1 Å². The minimum atomic E-state index is -1.32. The minimum Gasteiger partial charge on any atom is -0.439 e. The highest BCUT2D eigenvalue weighted by atomic mass is 31.2. The van der Waals surface area contributed by atoms with Crippen LogP contribution in [0.3, 0.4) is 0 Å². The molecule has 0 heterocycles. The van der Waals surface area contributed by atoms with Crippen LogP contribution < -0.4 is 9.05 Å². The van der Waals surface area contributed by atoms with Crippen LogP contribution in [0.1, 0.15) is 17.0 Å². The van der Waals surface area contributed by atoms with Crippen LogP contribution in [0.25, 0.3) is 0 Å². The lowest BCUT2D eigenvalue weighted by Crippen LogP contribution is -2.08. The first-order valence-electron chi connectivity index (χ1n) is 8.45. The fraction of sp³-hybridized carbons (Fsp3) is 0.136. The van der Waals surface area contributed by atoms with Gasteiger partial charge in [-0.05, 0) is 42.3 Å². The van der Waals surface area contributed by atoms with Gasteiger partial charge in [-0.15, -0.1) is 0 Å². The average Bonchev–Trinajstić information content (AvgIpc) is 2.68. The van der Waals surface area contributed by atoms with Crippen molar-refractivity contribution in [2.75, 3.05) is 6.16 Å². The van der Waals surface area contributed by atoms with Crippen LogP contribution in [0.5, 0.6) is 11.5 Å². The molecule has 0 spiro atoms. The Balaban J connectivity index is 1.82. The van der Waals surface area contributed by atoms with Crippen molar-refractivity contribution in [1.82, 2.24) is 0 Å². The quantitative estimate of drug-likeness (QED) is 0.480. The van der Waals surface area contributed by atoms with E-state index in [0.29, 0.717) is 6.16 Å². The third kappa shape index (κ3) is 4.85. The lowest BCUT2D eigenvalue weighted by molar-refractivity contribution is 0.487. The van der Waals surface area contributed by atoms with Gasteiger partial charge in [0.2, 0.25) is 0 Å². The third-order valence-electron chi connectivity index (χ3n) is 3.95. The van der Waals surface area contributed by atoms with Gasteiger partial charge < -0.3 is 9.05 Å². The molecule has 0 radical (unpaired) electrons. The summed E-state index contributed by atoms with van der Waals surface area (Å²) in [4.78, 5) is 0. The van der Waals surface area contributed by atoms with Gasteiger partial charge in [-0.25, -0.2) is 0 Å². The molecule has 26 heavy (non-hydrogen) atoms. The van der Waals surface area contributed by atoms with Crippen molar-refractivity contribution < 1.29 is 9.05 Å². The second-order valence-corrected chi connectivity index (χ2v) is 7.26. The Hall–Kier alpha value is -2.82. The number of nitrogens with zero attached hydrogens (tertiary/aromatic N) is 1. The highest BCUT2D eigenvalue weighted by Gasteiger charge is 2.24. The van der Waals surface area contributed by atoms with Gasteiger partial charge in [-0.3, -0.25) is 0 Å². The van der Waals surface area contributed by atoms with Crippen LogP contribution in [0.2, 0.25) is 0 Å². The zero-order valence-corrected chi connectivity index (χ0v) is 15.5. The molecular weight excluding hydrogens is 341 g/mol. The van der Waals surface area contributed by atoms with Gasteiger partial charge in [0.1, 0.15) is 11.5 Å². The maximum atomic E-state index is 9.73. The summed E-state index contributed by atoms with van der Waals surface area (Å²) in [5.74, 6) is 1.21. The van der Waals surface area contributed by atoms with Crippen LogP contribution in [-0.2, 0) is 0 Å². The highest BCUT2D eigenvalue weighted by Crippen LogP contribution is 2.44. The molecule has 0 saturated heterocycles. The van der Waals surface area contributed by atoms with Crippen LogP contribution >= 0.6 is 8.38 Å². The Morgan fingerprint density at radius 3 is 1.81 bits per heavy atom. The number of nitriles is 1. The summed E-state index contributed by atoms with van der Waals surface area (Å²) < 4.78 is 12.2. The van der Waals surface area contributed by atoms with E-state index in [-0.39, 0.29) is 5.92 Å². The molecule has 0 aliphatic heterocycles. The highest BCUT2D eigenvalue weighted by molar-refractivity contribution is 7.48. The molecule has 0 aliphatic rings. The molecule has 0 bridgehead atoms. The number of para-hydroxylation sites is 2. The van der Waals surface area contributed by atoms with E-state index in [1.807, 2.05) is 91.9 Å². The molecule has 0 amide bonds. The smallest absolute Gasteiger partial charge is 0.292 e. The Labute approximate surface area is 155 Å². The molecule has 0 fully saturated rings. The van der Waals surface area contributed by atoms with Crippen molar-refractivity contribution in [2.24, 2.45) is 0 Å². The standard InChI is InChI=1S/C22H20NO2P/c1-18-10-8-9-15-22(18)19(16-23)17-26(24-20-11-4-2-5-12-20)25-21-13-6-3-7-14-21/h2-15,19H,17H2,1H3. The molecular formula is C22H20NO2P. The van der Waals surface area contributed by atoms with Gasteiger partial charge in [0.25, 0.3) is 8.38 Å². The number of hydrogen-bond acceptors (Lipinski definition) is 3. The van der Waals surface area contributed by atoms with Crippen molar-refractivity contribution in [1.29, 1.82) is 5.26 Å². The first-order chi connectivity index (χ1) is 12.8. The molecule has 4 heteroatoms. The number of benzene rings is 3. The first-order valence-corrected chi connectivity index (χ1v) is 9.81. The predicted molar refractivity (Wildman–Crippen MR) is 105 cm³/mol. The average molecular weight is 361 g/mol.